The van der Waals surface area contributed by atoms with E-state index < -0.39 is 15.9 Å². The zero-order valence-corrected chi connectivity index (χ0v) is 15.7. The highest BCUT2D eigenvalue weighted by Gasteiger charge is 2.24. The maximum atomic E-state index is 12.4. The molecule has 0 radical (unpaired) electrons. The van der Waals surface area contributed by atoms with Crippen LogP contribution in [0.3, 0.4) is 0 Å². The summed E-state index contributed by atoms with van der Waals surface area (Å²) in [7, 11) is -3.69. The summed E-state index contributed by atoms with van der Waals surface area (Å²) in [6.07, 6.45) is 1.04. The first kappa shape index (κ1) is 18.3. The first-order chi connectivity index (χ1) is 12.2. The van der Waals surface area contributed by atoms with Crippen LogP contribution in [-0.2, 0) is 14.8 Å². The summed E-state index contributed by atoms with van der Waals surface area (Å²) in [6, 6.07) is 9.79. The molecule has 1 aliphatic rings. The quantitative estimate of drug-likeness (QED) is 0.840. The number of benzene rings is 2. The minimum absolute atomic E-state index is 0.0756. The van der Waals surface area contributed by atoms with E-state index in [-0.39, 0.29) is 13.3 Å². The number of nitrogens with zero attached hydrogens (tertiary/aromatic N) is 1. The molecule has 0 fully saturated rings. The van der Waals surface area contributed by atoms with Crippen LogP contribution in [0.1, 0.15) is 5.56 Å². The van der Waals surface area contributed by atoms with E-state index in [1.54, 1.807) is 30.3 Å². The van der Waals surface area contributed by atoms with Gasteiger partial charge in [-0.05, 0) is 36.8 Å². The van der Waals surface area contributed by atoms with Crippen molar-refractivity contribution in [1.29, 1.82) is 0 Å². The maximum Gasteiger partial charge on any atom is 0.245 e. The molecule has 1 amide bonds. The Morgan fingerprint density at radius 3 is 2.65 bits per heavy atom. The van der Waals surface area contributed by atoms with Crippen LogP contribution in [0.15, 0.2) is 36.4 Å². The molecule has 0 spiro atoms. The first-order valence-corrected chi connectivity index (χ1v) is 9.90. The number of amides is 1. The molecule has 0 aliphatic carbocycles. The number of hydrogen-bond donors (Lipinski definition) is 1. The third-order valence-corrected chi connectivity index (χ3v) is 5.18. The molecule has 1 aliphatic heterocycles. The summed E-state index contributed by atoms with van der Waals surface area (Å²) in [4.78, 5) is 12.4. The number of anilines is 2. The van der Waals surface area contributed by atoms with Crippen molar-refractivity contribution in [2.24, 2.45) is 0 Å². The van der Waals surface area contributed by atoms with Crippen LogP contribution in [0, 0.1) is 6.92 Å². The lowest BCUT2D eigenvalue weighted by atomic mass is 10.2. The Kier molecular flexibility index (Phi) is 4.97. The molecule has 0 saturated heterocycles. The van der Waals surface area contributed by atoms with Gasteiger partial charge in [0, 0.05) is 16.8 Å². The molecule has 0 saturated carbocycles. The lowest BCUT2D eigenvalue weighted by Gasteiger charge is -2.22. The van der Waals surface area contributed by atoms with Crippen molar-refractivity contribution in [2.45, 2.75) is 6.92 Å². The highest BCUT2D eigenvalue weighted by Crippen LogP contribution is 2.36. The van der Waals surface area contributed by atoms with Gasteiger partial charge in [0.25, 0.3) is 0 Å². The van der Waals surface area contributed by atoms with E-state index in [9.17, 15) is 13.2 Å². The van der Waals surface area contributed by atoms with Crippen LogP contribution >= 0.6 is 11.6 Å². The smallest absolute Gasteiger partial charge is 0.245 e. The van der Waals surface area contributed by atoms with E-state index in [2.05, 4.69) is 5.32 Å². The number of ether oxygens (including phenoxy) is 2. The molecular weight excluding hydrogens is 380 g/mol. The Labute approximate surface area is 156 Å². The average Bonchev–Trinajstić information content (AvgIpc) is 3.02. The van der Waals surface area contributed by atoms with E-state index >= 15 is 0 Å². The fourth-order valence-electron chi connectivity index (χ4n) is 2.49. The van der Waals surface area contributed by atoms with Crippen molar-refractivity contribution >= 4 is 38.9 Å². The molecule has 9 heteroatoms. The number of aryl methyl sites for hydroxylation is 1. The number of nitrogens with one attached hydrogen (secondary N) is 1. The number of carbonyl (C=O) groups is 1. The Morgan fingerprint density at radius 1 is 1.19 bits per heavy atom. The highest BCUT2D eigenvalue weighted by molar-refractivity contribution is 7.92. The SMILES string of the molecule is Cc1ccc(Cl)cc1NC(=O)CN(c1ccc2c(c1)OCO2)S(C)(=O)=O. The van der Waals surface area contributed by atoms with Gasteiger partial charge < -0.3 is 14.8 Å². The molecule has 1 N–H and O–H groups in total. The monoisotopic (exact) mass is 396 g/mol. The van der Waals surface area contributed by atoms with Gasteiger partial charge in [-0.25, -0.2) is 8.42 Å². The predicted molar refractivity (Wildman–Crippen MR) is 99.6 cm³/mol. The van der Waals surface area contributed by atoms with Crippen LogP contribution in [0.5, 0.6) is 11.5 Å². The Hall–Kier alpha value is -2.45. The molecule has 0 aromatic heterocycles. The summed E-state index contributed by atoms with van der Waals surface area (Å²) in [5.41, 5.74) is 1.66. The maximum absolute atomic E-state index is 12.4. The molecule has 2 aromatic rings. The van der Waals surface area contributed by atoms with E-state index in [1.165, 1.54) is 6.07 Å². The van der Waals surface area contributed by atoms with Gasteiger partial charge in [0.2, 0.25) is 22.7 Å². The molecule has 138 valence electrons. The lowest BCUT2D eigenvalue weighted by Crippen LogP contribution is -2.37. The molecule has 7 nitrogen and oxygen atoms in total. The van der Waals surface area contributed by atoms with Gasteiger partial charge in [-0.1, -0.05) is 17.7 Å². The minimum atomic E-state index is -3.69. The molecule has 26 heavy (non-hydrogen) atoms. The third kappa shape index (κ3) is 4.03. The first-order valence-electron chi connectivity index (χ1n) is 7.67. The Morgan fingerprint density at radius 2 is 1.92 bits per heavy atom. The fourth-order valence-corrected chi connectivity index (χ4v) is 3.51. The van der Waals surface area contributed by atoms with Gasteiger partial charge >= 0.3 is 0 Å². The van der Waals surface area contributed by atoms with E-state index in [4.69, 9.17) is 21.1 Å². The summed E-state index contributed by atoms with van der Waals surface area (Å²) in [6.45, 7) is 1.51. The van der Waals surface area contributed by atoms with Crippen LogP contribution in [-0.4, -0.2) is 33.9 Å². The summed E-state index contributed by atoms with van der Waals surface area (Å²) < 4.78 is 35.9. The van der Waals surface area contributed by atoms with Crippen LogP contribution in [0.4, 0.5) is 11.4 Å². The van der Waals surface area contributed by atoms with Crippen molar-refractivity contribution in [3.8, 4) is 11.5 Å². The fraction of sp³-hybridized carbons (Fsp3) is 0.235. The second kappa shape index (κ2) is 7.05. The number of hydrogen-bond acceptors (Lipinski definition) is 5. The van der Waals surface area contributed by atoms with Gasteiger partial charge in [0.05, 0.1) is 11.9 Å². The number of rotatable bonds is 5. The Bertz CT molecular complexity index is 962. The minimum Gasteiger partial charge on any atom is -0.454 e. The van der Waals surface area contributed by atoms with E-state index in [1.807, 2.05) is 6.92 Å². The normalized spacial score (nSPS) is 12.7. The molecule has 3 rings (SSSR count). The molecule has 0 bridgehead atoms. The number of carbonyl (C=O) groups excluding carboxylic acids is 1. The van der Waals surface area contributed by atoms with Crippen molar-refractivity contribution < 1.29 is 22.7 Å². The van der Waals surface area contributed by atoms with Crippen molar-refractivity contribution in [1.82, 2.24) is 0 Å². The van der Waals surface area contributed by atoms with Gasteiger partial charge in [0.1, 0.15) is 6.54 Å². The number of sulfonamides is 1. The van der Waals surface area contributed by atoms with Crippen molar-refractivity contribution in [2.75, 3.05) is 29.2 Å². The molecule has 1 heterocycles. The van der Waals surface area contributed by atoms with Gasteiger partial charge in [0.15, 0.2) is 11.5 Å². The van der Waals surface area contributed by atoms with Crippen LogP contribution < -0.4 is 19.1 Å². The standard InChI is InChI=1S/C17H17ClN2O5S/c1-11-3-4-12(18)7-14(11)19-17(21)9-20(26(2,22)23)13-5-6-15-16(8-13)25-10-24-15/h3-8H,9-10H2,1-2H3,(H,19,21). The third-order valence-electron chi connectivity index (χ3n) is 3.81. The summed E-state index contributed by atoms with van der Waals surface area (Å²) >= 11 is 5.95. The molecule has 0 atom stereocenters. The van der Waals surface area contributed by atoms with Crippen molar-refractivity contribution in [3.05, 3.63) is 47.0 Å². The second-order valence-electron chi connectivity index (χ2n) is 5.81. The van der Waals surface area contributed by atoms with E-state index in [0.717, 1.165) is 16.1 Å². The lowest BCUT2D eigenvalue weighted by molar-refractivity contribution is -0.114. The zero-order chi connectivity index (χ0) is 18.9. The predicted octanol–water partition coefficient (Wildman–Crippen LogP) is 2.78. The highest BCUT2D eigenvalue weighted by atomic mass is 35.5. The zero-order valence-electron chi connectivity index (χ0n) is 14.2. The summed E-state index contributed by atoms with van der Waals surface area (Å²) in [5, 5.41) is 3.16. The number of fused-ring (bicyclic) bond motifs is 1. The van der Waals surface area contributed by atoms with E-state index in [0.29, 0.717) is 27.9 Å². The van der Waals surface area contributed by atoms with Crippen LogP contribution in [0.25, 0.3) is 0 Å². The molecular formula is C17H17ClN2O5S. The average molecular weight is 397 g/mol. The topological polar surface area (TPSA) is 84.9 Å². The van der Waals surface area contributed by atoms with Gasteiger partial charge in [-0.3, -0.25) is 9.10 Å². The Balaban J connectivity index is 1.83. The molecule has 2 aromatic carbocycles. The second-order valence-corrected chi connectivity index (χ2v) is 8.16. The van der Waals surface area contributed by atoms with Crippen molar-refractivity contribution in [3.63, 3.8) is 0 Å². The summed E-state index contributed by atoms with van der Waals surface area (Å²) in [5.74, 6) is 0.474. The van der Waals surface area contributed by atoms with Gasteiger partial charge in [-0.15, -0.1) is 0 Å². The van der Waals surface area contributed by atoms with Gasteiger partial charge in [-0.2, -0.15) is 0 Å². The van der Waals surface area contributed by atoms with Crippen LogP contribution in [0.2, 0.25) is 5.02 Å². The largest absolute Gasteiger partial charge is 0.454 e. The molecule has 0 unspecified atom stereocenters. The number of halogens is 1.